The number of fused-ring (bicyclic) bond motifs is 1. The molecule has 1 heterocycles. The molecule has 0 spiro atoms. The monoisotopic (exact) mass is 619 g/mol. The summed E-state index contributed by atoms with van der Waals surface area (Å²) in [5.74, 6) is 1.45. The lowest BCUT2D eigenvalue weighted by Gasteiger charge is -2.34. The van der Waals surface area contributed by atoms with Gasteiger partial charge in [-0.2, -0.15) is 0 Å². The van der Waals surface area contributed by atoms with Gasteiger partial charge in [-0.25, -0.2) is 9.59 Å². The number of benzene rings is 3. The van der Waals surface area contributed by atoms with Gasteiger partial charge in [-0.15, -0.1) is 0 Å². The van der Waals surface area contributed by atoms with Crippen molar-refractivity contribution in [2.24, 2.45) is 5.92 Å². The van der Waals surface area contributed by atoms with Gasteiger partial charge in [0.15, 0.2) is 0 Å². The van der Waals surface area contributed by atoms with Crippen LogP contribution in [0.5, 0.6) is 17.2 Å². The largest absolute Gasteiger partial charge is 0.497 e. The second-order valence-corrected chi connectivity index (χ2v) is 11.1. The highest BCUT2D eigenvalue weighted by atomic mass is 16.5. The molecule has 0 fully saturated rings. The average molecular weight is 620 g/mol. The molecule has 45 heavy (non-hydrogen) atoms. The summed E-state index contributed by atoms with van der Waals surface area (Å²) in [4.78, 5) is 42.5. The van der Waals surface area contributed by atoms with Gasteiger partial charge in [0.25, 0.3) is 0 Å². The normalized spacial score (nSPS) is 16.9. The number of rotatable bonds is 9. The van der Waals surface area contributed by atoms with Gasteiger partial charge in [0.05, 0.1) is 39.8 Å². The molecule has 240 valence electrons. The van der Waals surface area contributed by atoms with Gasteiger partial charge in [0, 0.05) is 42.1 Å². The summed E-state index contributed by atoms with van der Waals surface area (Å²) in [6.07, 6.45) is -0.491. The quantitative estimate of drug-likeness (QED) is 0.273. The van der Waals surface area contributed by atoms with Gasteiger partial charge < -0.3 is 45.1 Å². The molecular formula is C33H41N5O7. The van der Waals surface area contributed by atoms with Gasteiger partial charge in [-0.05, 0) is 73.7 Å². The number of aliphatic hydroxyl groups is 1. The van der Waals surface area contributed by atoms with Crippen molar-refractivity contribution in [2.75, 3.05) is 56.9 Å². The third kappa shape index (κ3) is 8.79. The molecule has 0 bridgehead atoms. The zero-order valence-corrected chi connectivity index (χ0v) is 26.2. The molecule has 12 heteroatoms. The number of carbonyl (C=O) groups is 3. The zero-order chi connectivity index (χ0) is 32.5. The summed E-state index contributed by atoms with van der Waals surface area (Å²) in [5.41, 5.74) is 2.24. The fourth-order valence-corrected chi connectivity index (χ4v) is 4.94. The lowest BCUT2D eigenvalue weighted by Crippen LogP contribution is -2.48. The molecule has 0 radical (unpaired) electrons. The number of likely N-dealkylation sites (N-methyl/N-ethyl adjacent to an activating group) is 1. The highest BCUT2D eigenvalue weighted by Gasteiger charge is 2.32. The maximum Gasteiger partial charge on any atom is 0.323 e. The topological polar surface area (TPSA) is 142 Å². The second-order valence-electron chi connectivity index (χ2n) is 11.1. The molecule has 3 atom stereocenters. The Morgan fingerprint density at radius 2 is 1.51 bits per heavy atom. The highest BCUT2D eigenvalue weighted by molar-refractivity contribution is 6.00. The summed E-state index contributed by atoms with van der Waals surface area (Å²) < 4.78 is 16.8. The van der Waals surface area contributed by atoms with Crippen LogP contribution in [0.4, 0.5) is 26.7 Å². The summed E-state index contributed by atoms with van der Waals surface area (Å²) in [7, 11) is 4.82. The van der Waals surface area contributed by atoms with Crippen LogP contribution in [0.25, 0.3) is 0 Å². The van der Waals surface area contributed by atoms with Crippen molar-refractivity contribution in [1.29, 1.82) is 0 Å². The zero-order valence-electron chi connectivity index (χ0n) is 26.2. The average Bonchev–Trinajstić information content (AvgIpc) is 3.08. The van der Waals surface area contributed by atoms with Crippen LogP contribution in [0.2, 0.25) is 0 Å². The first-order valence-electron chi connectivity index (χ1n) is 14.7. The number of nitrogens with zero attached hydrogens (tertiary/aromatic N) is 2. The van der Waals surface area contributed by atoms with Crippen molar-refractivity contribution in [3.05, 3.63) is 72.3 Å². The van der Waals surface area contributed by atoms with E-state index in [0.29, 0.717) is 46.4 Å². The van der Waals surface area contributed by atoms with Gasteiger partial charge >= 0.3 is 12.1 Å². The summed E-state index contributed by atoms with van der Waals surface area (Å²) in [6, 6.07) is 17.9. The Morgan fingerprint density at radius 3 is 2.09 bits per heavy atom. The van der Waals surface area contributed by atoms with Crippen molar-refractivity contribution >= 4 is 35.0 Å². The number of aliphatic hydroxyl groups excluding tert-OH is 1. The number of carbonyl (C=O) groups excluding carboxylic acids is 3. The molecule has 3 aromatic rings. The highest BCUT2D eigenvalue weighted by Crippen LogP contribution is 2.29. The van der Waals surface area contributed by atoms with Crippen molar-refractivity contribution in [2.45, 2.75) is 32.4 Å². The number of urea groups is 2. The van der Waals surface area contributed by atoms with E-state index in [-0.39, 0.29) is 37.4 Å². The number of methoxy groups -OCH3 is 2. The SMILES string of the molecule is COc1ccc(NC(=O)Nc2ccc3c(c2)CC(=O)N([C@@H](C)CO)C[C@@H](C)[C@H](CN(C)C(=O)Nc2ccc(OC)cc2)O3)cc1. The number of nitrogens with one attached hydrogen (secondary N) is 3. The third-order valence-electron chi connectivity index (χ3n) is 7.66. The fraction of sp³-hybridized carbons (Fsp3) is 0.364. The molecule has 12 nitrogen and oxygen atoms in total. The molecule has 0 unspecified atom stereocenters. The third-order valence-corrected chi connectivity index (χ3v) is 7.66. The molecule has 0 saturated heterocycles. The Labute approximate surface area is 263 Å². The van der Waals surface area contributed by atoms with Crippen LogP contribution in [-0.2, 0) is 11.2 Å². The molecular weight excluding hydrogens is 578 g/mol. The van der Waals surface area contributed by atoms with Crippen LogP contribution >= 0.6 is 0 Å². The predicted octanol–water partition coefficient (Wildman–Crippen LogP) is 4.66. The Kier molecular flexibility index (Phi) is 11.1. The van der Waals surface area contributed by atoms with E-state index in [1.165, 1.54) is 4.90 Å². The van der Waals surface area contributed by atoms with E-state index in [2.05, 4.69) is 16.0 Å². The van der Waals surface area contributed by atoms with Crippen molar-refractivity contribution in [3.8, 4) is 17.2 Å². The van der Waals surface area contributed by atoms with E-state index in [9.17, 15) is 19.5 Å². The molecule has 1 aliphatic rings. The summed E-state index contributed by atoms with van der Waals surface area (Å²) >= 11 is 0. The lowest BCUT2D eigenvalue weighted by molar-refractivity contribution is -0.134. The Bertz CT molecular complexity index is 1470. The first kappa shape index (κ1) is 32.9. The first-order valence-corrected chi connectivity index (χ1v) is 14.7. The minimum Gasteiger partial charge on any atom is -0.497 e. The van der Waals surface area contributed by atoms with Crippen LogP contribution in [0.3, 0.4) is 0 Å². The molecule has 4 rings (SSSR count). The number of hydrogen-bond donors (Lipinski definition) is 4. The molecule has 3 aromatic carbocycles. The predicted molar refractivity (Wildman–Crippen MR) is 172 cm³/mol. The maximum absolute atomic E-state index is 13.5. The lowest BCUT2D eigenvalue weighted by atomic mass is 10.0. The van der Waals surface area contributed by atoms with Crippen molar-refractivity contribution in [1.82, 2.24) is 9.80 Å². The Morgan fingerprint density at radius 1 is 0.956 bits per heavy atom. The van der Waals surface area contributed by atoms with Crippen molar-refractivity contribution < 1.29 is 33.7 Å². The number of anilines is 3. The van der Waals surface area contributed by atoms with Crippen LogP contribution in [0.1, 0.15) is 19.4 Å². The second kappa shape index (κ2) is 15.2. The smallest absolute Gasteiger partial charge is 0.323 e. The number of hydrogen-bond acceptors (Lipinski definition) is 7. The molecule has 0 aliphatic carbocycles. The van der Waals surface area contributed by atoms with Gasteiger partial charge in [-0.3, -0.25) is 4.79 Å². The Hall–Kier alpha value is -4.97. The Balaban J connectivity index is 1.53. The molecule has 0 aromatic heterocycles. The standard InChI is InChI=1S/C33H41N5O7/c1-21-18-38(22(2)20-39)31(40)17-23-16-26(35-32(41)34-24-6-11-27(43-4)12-7-24)10-15-29(23)45-30(21)19-37(3)33(42)36-25-8-13-28(44-5)14-9-25/h6-16,21-22,30,39H,17-20H2,1-5H3,(H,36,42)(H2,34,35,41)/t21-,22+,30+/m1/s1. The first-order chi connectivity index (χ1) is 21.6. The van der Waals surface area contributed by atoms with E-state index < -0.39 is 18.2 Å². The van der Waals surface area contributed by atoms with Crippen LogP contribution in [0.15, 0.2) is 66.7 Å². The molecule has 4 N–H and O–H groups in total. The number of amides is 5. The van der Waals surface area contributed by atoms with E-state index in [1.54, 1.807) is 99.8 Å². The minimum atomic E-state index is -0.494. The van der Waals surface area contributed by atoms with E-state index >= 15 is 0 Å². The van der Waals surface area contributed by atoms with Crippen LogP contribution < -0.4 is 30.2 Å². The van der Waals surface area contributed by atoms with Crippen LogP contribution in [0, 0.1) is 5.92 Å². The molecule has 1 aliphatic heterocycles. The van der Waals surface area contributed by atoms with Gasteiger partial charge in [-0.1, -0.05) is 6.92 Å². The van der Waals surface area contributed by atoms with Gasteiger partial charge in [0.2, 0.25) is 5.91 Å². The summed E-state index contributed by atoms with van der Waals surface area (Å²) in [5, 5.41) is 18.4. The van der Waals surface area contributed by atoms with Crippen molar-refractivity contribution in [3.63, 3.8) is 0 Å². The van der Waals surface area contributed by atoms with E-state index in [0.717, 1.165) is 0 Å². The molecule has 0 saturated carbocycles. The fourth-order valence-electron chi connectivity index (χ4n) is 4.94. The van der Waals surface area contributed by atoms with Crippen LogP contribution in [-0.4, -0.2) is 86.0 Å². The minimum absolute atomic E-state index is 0.00251. The number of ether oxygens (including phenoxy) is 3. The van der Waals surface area contributed by atoms with Gasteiger partial charge in [0.1, 0.15) is 23.4 Å². The maximum atomic E-state index is 13.5. The summed E-state index contributed by atoms with van der Waals surface area (Å²) in [6.45, 7) is 4.09. The van der Waals surface area contributed by atoms with E-state index in [1.807, 2.05) is 6.92 Å². The van der Waals surface area contributed by atoms with E-state index in [4.69, 9.17) is 14.2 Å². The molecule has 5 amide bonds.